The first kappa shape index (κ1) is 8.51. The molecule has 0 aromatic carbocycles. The molecule has 1 aliphatic rings. The minimum absolute atomic E-state index is 0.0229. The molecule has 0 radical (unpaired) electrons. The van der Waals surface area contributed by atoms with Gasteiger partial charge >= 0.3 is 0 Å². The van der Waals surface area contributed by atoms with Gasteiger partial charge in [0, 0.05) is 5.38 Å². The van der Waals surface area contributed by atoms with E-state index in [1.165, 1.54) is 12.8 Å². The highest BCUT2D eigenvalue weighted by molar-refractivity contribution is 7.08. The highest BCUT2D eigenvalue weighted by atomic mass is 32.1. The van der Waals surface area contributed by atoms with Gasteiger partial charge in [0.25, 0.3) is 0 Å². The maximum Gasteiger partial charge on any atom is 0.248 e. The summed E-state index contributed by atoms with van der Waals surface area (Å²) in [5.41, 5.74) is 0.885. The molecule has 1 amide bonds. The number of rotatable bonds is 3. The van der Waals surface area contributed by atoms with Gasteiger partial charge in [0.2, 0.25) is 5.91 Å². The number of hydrogen-bond donors (Lipinski definition) is 1. The number of thiophene rings is 1. The van der Waals surface area contributed by atoms with Crippen molar-refractivity contribution in [1.82, 2.24) is 0 Å². The zero-order chi connectivity index (χ0) is 9.10. The molecule has 1 saturated carbocycles. The number of nitrogens with one attached hydrogen (secondary N) is 1. The lowest BCUT2D eigenvalue weighted by Gasteiger charge is -1.95. The molecule has 2 nitrogen and oxygen atoms in total. The zero-order valence-corrected chi connectivity index (χ0v) is 8.01. The average molecular weight is 193 g/mol. The molecule has 0 spiro atoms. The van der Waals surface area contributed by atoms with Crippen LogP contribution in [0.15, 0.2) is 29.0 Å². The first-order valence-electron chi connectivity index (χ1n) is 4.36. The number of carbonyl (C=O) groups is 1. The number of carbonyl (C=O) groups excluding carboxylic acids is 1. The van der Waals surface area contributed by atoms with Gasteiger partial charge in [-0.3, -0.25) is 4.79 Å². The van der Waals surface area contributed by atoms with E-state index in [1.54, 1.807) is 17.4 Å². The molecule has 3 heteroatoms. The second-order valence-electron chi connectivity index (χ2n) is 3.20. The smallest absolute Gasteiger partial charge is 0.248 e. The zero-order valence-electron chi connectivity index (χ0n) is 7.19. The normalized spacial score (nSPS) is 16.3. The molecule has 68 valence electrons. The molecular weight excluding hydrogens is 182 g/mol. The molecule has 0 saturated heterocycles. The second kappa shape index (κ2) is 3.75. The fourth-order valence-corrected chi connectivity index (χ4v) is 1.62. The highest BCUT2D eigenvalue weighted by Crippen LogP contribution is 2.29. The van der Waals surface area contributed by atoms with E-state index in [4.69, 9.17) is 0 Å². The maximum absolute atomic E-state index is 11.2. The van der Waals surface area contributed by atoms with Gasteiger partial charge in [-0.15, -0.1) is 0 Å². The third-order valence-corrected chi connectivity index (χ3v) is 2.61. The van der Waals surface area contributed by atoms with Crippen LogP contribution in [0.2, 0.25) is 0 Å². The average Bonchev–Trinajstić information content (AvgIpc) is 2.82. The third-order valence-electron chi connectivity index (χ3n) is 1.93. The highest BCUT2D eigenvalue weighted by Gasteiger charge is 2.17. The Kier molecular flexibility index (Phi) is 2.45. The third kappa shape index (κ3) is 2.70. The van der Waals surface area contributed by atoms with Crippen molar-refractivity contribution in [2.45, 2.75) is 12.8 Å². The molecule has 13 heavy (non-hydrogen) atoms. The first-order chi connectivity index (χ1) is 6.34. The van der Waals surface area contributed by atoms with Crippen LogP contribution in [0.5, 0.6) is 0 Å². The molecular formula is C10H11NOS. The Bertz CT molecular complexity index is 312. The predicted octanol–water partition coefficient (Wildman–Crippen LogP) is 2.65. The Morgan fingerprint density at radius 1 is 1.62 bits per heavy atom. The van der Waals surface area contributed by atoms with Crippen LogP contribution in [0.4, 0.5) is 5.69 Å². The van der Waals surface area contributed by atoms with E-state index in [1.807, 2.05) is 22.9 Å². The van der Waals surface area contributed by atoms with Crippen molar-refractivity contribution in [3.05, 3.63) is 29.0 Å². The summed E-state index contributed by atoms with van der Waals surface area (Å²) in [6.45, 7) is 0. The Morgan fingerprint density at radius 3 is 3.08 bits per heavy atom. The quantitative estimate of drug-likeness (QED) is 0.735. The molecule has 1 aromatic heterocycles. The molecule has 2 rings (SSSR count). The van der Waals surface area contributed by atoms with E-state index in [9.17, 15) is 4.79 Å². The molecule has 1 aliphatic carbocycles. The van der Waals surface area contributed by atoms with Gasteiger partial charge in [0.15, 0.2) is 0 Å². The minimum Gasteiger partial charge on any atom is -0.322 e. The van der Waals surface area contributed by atoms with Gasteiger partial charge in [-0.05, 0) is 36.3 Å². The minimum atomic E-state index is -0.0229. The number of amides is 1. The molecule has 1 heterocycles. The van der Waals surface area contributed by atoms with Crippen LogP contribution in [0, 0.1) is 5.92 Å². The van der Waals surface area contributed by atoms with Crippen molar-refractivity contribution in [3.63, 3.8) is 0 Å². The van der Waals surface area contributed by atoms with E-state index in [2.05, 4.69) is 5.32 Å². The Hall–Kier alpha value is -1.09. The summed E-state index contributed by atoms with van der Waals surface area (Å²) in [5.74, 6) is 0.638. The Balaban J connectivity index is 1.84. The molecule has 1 fully saturated rings. The maximum atomic E-state index is 11.2. The van der Waals surface area contributed by atoms with Crippen LogP contribution in [0.1, 0.15) is 12.8 Å². The topological polar surface area (TPSA) is 29.1 Å². The van der Waals surface area contributed by atoms with Crippen LogP contribution < -0.4 is 5.32 Å². The lowest BCUT2D eigenvalue weighted by Crippen LogP contribution is -2.06. The second-order valence-corrected chi connectivity index (χ2v) is 3.98. The van der Waals surface area contributed by atoms with Crippen molar-refractivity contribution in [3.8, 4) is 0 Å². The number of hydrogen-bond acceptors (Lipinski definition) is 2. The fraction of sp³-hybridized carbons (Fsp3) is 0.300. The first-order valence-corrected chi connectivity index (χ1v) is 5.30. The van der Waals surface area contributed by atoms with Crippen molar-refractivity contribution in [1.29, 1.82) is 0 Å². The number of anilines is 1. The van der Waals surface area contributed by atoms with Gasteiger partial charge in [-0.2, -0.15) is 11.3 Å². The lowest BCUT2D eigenvalue weighted by atomic mass is 10.3. The summed E-state index contributed by atoms with van der Waals surface area (Å²) in [7, 11) is 0. The van der Waals surface area contributed by atoms with Crippen LogP contribution in [-0.4, -0.2) is 5.91 Å². The van der Waals surface area contributed by atoms with E-state index < -0.39 is 0 Å². The van der Waals surface area contributed by atoms with Crippen molar-refractivity contribution in [2.24, 2.45) is 5.92 Å². The Morgan fingerprint density at radius 2 is 2.46 bits per heavy atom. The van der Waals surface area contributed by atoms with Gasteiger partial charge < -0.3 is 5.32 Å². The van der Waals surface area contributed by atoms with E-state index >= 15 is 0 Å². The summed E-state index contributed by atoms with van der Waals surface area (Å²) in [6, 6.07) is 1.90. The number of allylic oxidation sites excluding steroid dienone is 1. The summed E-state index contributed by atoms with van der Waals surface area (Å²) in [5, 5.41) is 6.65. The molecule has 0 atom stereocenters. The fourth-order valence-electron chi connectivity index (χ4n) is 1.03. The SMILES string of the molecule is O=C(/C=C/C1CC1)Nc1ccsc1. The van der Waals surface area contributed by atoms with E-state index in [0.29, 0.717) is 5.92 Å². The van der Waals surface area contributed by atoms with Crippen molar-refractivity contribution >= 4 is 22.9 Å². The summed E-state index contributed by atoms with van der Waals surface area (Å²) >= 11 is 1.58. The van der Waals surface area contributed by atoms with Gasteiger partial charge in [-0.1, -0.05) is 6.08 Å². The van der Waals surface area contributed by atoms with E-state index in [-0.39, 0.29) is 5.91 Å². The summed E-state index contributed by atoms with van der Waals surface area (Å²) in [4.78, 5) is 11.2. The molecule has 0 bridgehead atoms. The predicted molar refractivity (Wildman–Crippen MR) is 54.8 cm³/mol. The molecule has 1 N–H and O–H groups in total. The van der Waals surface area contributed by atoms with Gasteiger partial charge in [0.1, 0.15) is 0 Å². The Labute approximate surface area is 81.3 Å². The molecule has 0 aliphatic heterocycles. The van der Waals surface area contributed by atoms with Crippen LogP contribution in [0.3, 0.4) is 0 Å². The monoisotopic (exact) mass is 193 g/mol. The van der Waals surface area contributed by atoms with E-state index in [0.717, 1.165) is 5.69 Å². The van der Waals surface area contributed by atoms with Crippen molar-refractivity contribution in [2.75, 3.05) is 5.32 Å². The summed E-state index contributed by atoms with van der Waals surface area (Å²) in [6.07, 6.45) is 6.10. The van der Waals surface area contributed by atoms with Crippen LogP contribution in [-0.2, 0) is 4.79 Å². The summed E-state index contributed by atoms with van der Waals surface area (Å²) < 4.78 is 0. The molecule has 0 unspecified atom stereocenters. The lowest BCUT2D eigenvalue weighted by molar-refractivity contribution is -0.111. The largest absolute Gasteiger partial charge is 0.322 e. The van der Waals surface area contributed by atoms with Gasteiger partial charge in [0.05, 0.1) is 5.69 Å². The van der Waals surface area contributed by atoms with Gasteiger partial charge in [-0.25, -0.2) is 0 Å². The van der Waals surface area contributed by atoms with Crippen molar-refractivity contribution < 1.29 is 4.79 Å². The standard InChI is InChI=1S/C10H11NOS/c12-10(4-3-8-1-2-8)11-9-5-6-13-7-9/h3-8H,1-2H2,(H,11,12)/b4-3+. The van der Waals surface area contributed by atoms with Crippen LogP contribution >= 0.6 is 11.3 Å². The van der Waals surface area contributed by atoms with Crippen LogP contribution in [0.25, 0.3) is 0 Å². The molecule has 1 aromatic rings.